The Balaban J connectivity index is 1.98. The van der Waals surface area contributed by atoms with Crippen LogP contribution in [-0.4, -0.2) is 33.6 Å². The minimum Gasteiger partial charge on any atom is -0.354 e. The summed E-state index contributed by atoms with van der Waals surface area (Å²) < 4.78 is 1.57. The second-order valence-corrected chi connectivity index (χ2v) is 6.23. The fraction of sp³-hybridized carbons (Fsp3) is 0.200. The molecule has 0 fully saturated rings. The van der Waals surface area contributed by atoms with Crippen molar-refractivity contribution in [1.82, 2.24) is 20.1 Å². The number of amides is 2. The summed E-state index contributed by atoms with van der Waals surface area (Å²) in [4.78, 5) is 29.0. The molecule has 0 saturated carbocycles. The predicted octanol–water partition coefficient (Wildman–Crippen LogP) is 2.81. The predicted molar refractivity (Wildman–Crippen MR) is 103 cm³/mol. The van der Waals surface area contributed by atoms with Crippen molar-refractivity contribution in [1.29, 1.82) is 0 Å². The molecule has 1 unspecified atom stereocenters. The topological polar surface area (TPSA) is 88.9 Å². The normalized spacial score (nSPS) is 11.7. The van der Waals surface area contributed by atoms with Crippen molar-refractivity contribution < 1.29 is 9.59 Å². The van der Waals surface area contributed by atoms with Crippen LogP contribution in [0, 0.1) is 6.92 Å². The van der Waals surface area contributed by atoms with Crippen molar-refractivity contribution in [3.63, 3.8) is 0 Å². The number of rotatable bonds is 5. The summed E-state index contributed by atoms with van der Waals surface area (Å²) in [7, 11) is 1.53. The van der Waals surface area contributed by atoms with Gasteiger partial charge in [-0.25, -0.2) is 0 Å². The van der Waals surface area contributed by atoms with E-state index in [0.29, 0.717) is 11.4 Å². The monoisotopic (exact) mass is 363 g/mol. The zero-order valence-electron chi connectivity index (χ0n) is 15.4. The number of pyridine rings is 1. The van der Waals surface area contributed by atoms with E-state index in [1.165, 1.54) is 13.1 Å². The number of hydrogen-bond acceptors (Lipinski definition) is 4. The lowest BCUT2D eigenvalue weighted by molar-refractivity contribution is 0.0956. The Morgan fingerprint density at radius 1 is 1.07 bits per heavy atom. The highest BCUT2D eigenvalue weighted by Crippen LogP contribution is 2.21. The molecule has 0 radical (unpaired) electrons. The van der Waals surface area contributed by atoms with Crippen LogP contribution in [0.4, 0.5) is 5.69 Å². The van der Waals surface area contributed by atoms with Gasteiger partial charge >= 0.3 is 0 Å². The van der Waals surface area contributed by atoms with Crippen molar-refractivity contribution >= 4 is 17.5 Å². The molecular weight excluding hydrogens is 342 g/mol. The molecule has 1 aromatic carbocycles. The molecule has 2 amide bonds. The number of anilines is 1. The lowest BCUT2D eigenvalue weighted by atomic mass is 10.1. The number of nitrogens with one attached hydrogen (secondary N) is 2. The molecule has 1 atom stereocenters. The Morgan fingerprint density at radius 2 is 1.81 bits per heavy atom. The lowest BCUT2D eigenvalue weighted by Gasteiger charge is -2.16. The van der Waals surface area contributed by atoms with Gasteiger partial charge in [0.2, 0.25) is 0 Å². The summed E-state index contributed by atoms with van der Waals surface area (Å²) in [6.45, 7) is 3.83. The summed E-state index contributed by atoms with van der Waals surface area (Å²) in [6, 6.07) is 12.8. The molecule has 7 heteroatoms. The van der Waals surface area contributed by atoms with E-state index in [0.717, 1.165) is 11.1 Å². The standard InChI is InChI=1S/C20H21N5O2/c1-13-9-16(12-22-11-13)23-20(27)18-10-17(19(26)21-3)24-25(18)14(2)15-7-5-4-6-8-15/h4-12,14H,1-3H3,(H,21,26)(H,23,27). The number of aryl methyl sites for hydroxylation is 1. The smallest absolute Gasteiger partial charge is 0.274 e. The minimum atomic E-state index is -0.354. The molecular formula is C20H21N5O2. The first-order valence-electron chi connectivity index (χ1n) is 8.59. The summed E-state index contributed by atoms with van der Waals surface area (Å²) in [5.41, 5.74) is 2.99. The molecule has 3 aromatic rings. The molecule has 0 saturated heterocycles. The van der Waals surface area contributed by atoms with Gasteiger partial charge in [0.1, 0.15) is 5.69 Å². The van der Waals surface area contributed by atoms with E-state index in [-0.39, 0.29) is 23.6 Å². The van der Waals surface area contributed by atoms with Crippen LogP contribution in [0.2, 0.25) is 0 Å². The third-order valence-corrected chi connectivity index (χ3v) is 4.21. The molecule has 2 N–H and O–H groups in total. The first-order valence-corrected chi connectivity index (χ1v) is 8.59. The van der Waals surface area contributed by atoms with E-state index in [2.05, 4.69) is 20.7 Å². The maximum atomic E-state index is 12.9. The molecule has 0 spiro atoms. The van der Waals surface area contributed by atoms with Gasteiger partial charge < -0.3 is 10.6 Å². The summed E-state index contributed by atoms with van der Waals surface area (Å²) >= 11 is 0. The second-order valence-electron chi connectivity index (χ2n) is 6.23. The summed E-state index contributed by atoms with van der Waals surface area (Å²) in [6.07, 6.45) is 3.28. The van der Waals surface area contributed by atoms with Gasteiger partial charge in [0.25, 0.3) is 11.8 Å². The van der Waals surface area contributed by atoms with Crippen LogP contribution in [0.15, 0.2) is 54.9 Å². The first kappa shape index (κ1) is 18.3. The zero-order chi connectivity index (χ0) is 19.4. The van der Waals surface area contributed by atoms with Crippen molar-refractivity contribution in [2.45, 2.75) is 19.9 Å². The fourth-order valence-corrected chi connectivity index (χ4v) is 2.79. The molecule has 0 bridgehead atoms. The van der Waals surface area contributed by atoms with Gasteiger partial charge in [-0.3, -0.25) is 19.3 Å². The molecule has 7 nitrogen and oxygen atoms in total. The maximum Gasteiger partial charge on any atom is 0.274 e. The number of hydrogen-bond donors (Lipinski definition) is 2. The van der Waals surface area contributed by atoms with E-state index in [1.807, 2.05) is 50.2 Å². The van der Waals surface area contributed by atoms with Crippen molar-refractivity contribution in [2.24, 2.45) is 0 Å². The number of carbonyl (C=O) groups excluding carboxylic acids is 2. The van der Waals surface area contributed by atoms with E-state index in [4.69, 9.17) is 0 Å². The van der Waals surface area contributed by atoms with Crippen LogP contribution in [0.25, 0.3) is 0 Å². The Labute approximate surface area is 157 Å². The van der Waals surface area contributed by atoms with Crippen LogP contribution >= 0.6 is 0 Å². The SMILES string of the molecule is CNC(=O)c1cc(C(=O)Nc2cncc(C)c2)n(C(C)c2ccccc2)n1. The minimum absolute atomic E-state index is 0.188. The maximum absolute atomic E-state index is 12.9. The fourth-order valence-electron chi connectivity index (χ4n) is 2.79. The van der Waals surface area contributed by atoms with Gasteiger partial charge in [0, 0.05) is 19.3 Å². The second kappa shape index (κ2) is 7.82. The average molecular weight is 363 g/mol. The molecule has 27 heavy (non-hydrogen) atoms. The van der Waals surface area contributed by atoms with Crippen molar-refractivity contribution in [3.05, 3.63) is 77.4 Å². The highest BCUT2D eigenvalue weighted by molar-refractivity contribution is 6.04. The number of benzene rings is 1. The molecule has 0 aliphatic rings. The third kappa shape index (κ3) is 4.03. The van der Waals surface area contributed by atoms with E-state index in [1.54, 1.807) is 17.1 Å². The quantitative estimate of drug-likeness (QED) is 0.729. The van der Waals surface area contributed by atoms with Crippen molar-refractivity contribution in [3.8, 4) is 0 Å². The van der Waals surface area contributed by atoms with Gasteiger partial charge in [0.15, 0.2) is 5.69 Å². The van der Waals surface area contributed by atoms with Crippen molar-refractivity contribution in [2.75, 3.05) is 12.4 Å². The highest BCUT2D eigenvalue weighted by Gasteiger charge is 2.22. The van der Waals surface area contributed by atoms with E-state index >= 15 is 0 Å². The first-order chi connectivity index (χ1) is 13.0. The van der Waals surface area contributed by atoms with Crippen LogP contribution in [-0.2, 0) is 0 Å². The van der Waals surface area contributed by atoms with Gasteiger partial charge in [-0.05, 0) is 31.0 Å². The molecule has 2 aromatic heterocycles. The molecule has 0 aliphatic heterocycles. The van der Waals surface area contributed by atoms with Gasteiger partial charge in [0.05, 0.1) is 17.9 Å². The van der Waals surface area contributed by atoms with E-state index < -0.39 is 0 Å². The molecule has 0 aliphatic carbocycles. The Hall–Kier alpha value is -3.48. The van der Waals surface area contributed by atoms with E-state index in [9.17, 15) is 9.59 Å². The van der Waals surface area contributed by atoms with Crippen LogP contribution in [0.3, 0.4) is 0 Å². The largest absolute Gasteiger partial charge is 0.354 e. The highest BCUT2D eigenvalue weighted by atomic mass is 16.2. The number of aromatic nitrogens is 3. The van der Waals surface area contributed by atoms with Crippen LogP contribution < -0.4 is 10.6 Å². The number of nitrogens with zero attached hydrogens (tertiary/aromatic N) is 3. The molecule has 2 heterocycles. The Bertz CT molecular complexity index is 966. The molecule has 138 valence electrons. The molecule has 3 rings (SSSR count). The van der Waals surface area contributed by atoms with Gasteiger partial charge in [-0.1, -0.05) is 30.3 Å². The summed E-state index contributed by atoms with van der Waals surface area (Å²) in [5.74, 6) is -0.701. The average Bonchev–Trinajstić information content (AvgIpc) is 3.13. The zero-order valence-corrected chi connectivity index (χ0v) is 15.4. The van der Waals surface area contributed by atoms with Gasteiger partial charge in [-0.2, -0.15) is 5.10 Å². The third-order valence-electron chi connectivity index (χ3n) is 4.21. The lowest BCUT2D eigenvalue weighted by Crippen LogP contribution is -2.21. The summed E-state index contributed by atoms with van der Waals surface area (Å²) in [5, 5.41) is 9.73. The van der Waals surface area contributed by atoms with Crippen LogP contribution in [0.5, 0.6) is 0 Å². The van der Waals surface area contributed by atoms with Crippen LogP contribution in [0.1, 0.15) is 45.1 Å². The Morgan fingerprint density at radius 3 is 2.48 bits per heavy atom. The Kier molecular flexibility index (Phi) is 5.30. The van der Waals surface area contributed by atoms with Gasteiger partial charge in [-0.15, -0.1) is 0 Å². The number of carbonyl (C=O) groups is 2.